The second-order valence-electron chi connectivity index (χ2n) is 6.22. The molecule has 1 aliphatic rings. The van der Waals surface area contributed by atoms with Crippen molar-refractivity contribution in [1.82, 2.24) is 4.90 Å². The Morgan fingerprint density at radius 2 is 1.96 bits per heavy atom. The third-order valence-corrected chi connectivity index (χ3v) is 5.35. The summed E-state index contributed by atoms with van der Waals surface area (Å²) < 4.78 is 0. The second kappa shape index (κ2) is 7.67. The Bertz CT molecular complexity index is 760. The van der Waals surface area contributed by atoms with Crippen LogP contribution in [0.3, 0.4) is 0 Å². The summed E-state index contributed by atoms with van der Waals surface area (Å²) >= 11 is 1.35. The highest BCUT2D eigenvalue weighted by Crippen LogP contribution is 2.36. The first-order chi connectivity index (χ1) is 12.0. The number of likely N-dealkylation sites (tertiary alicyclic amines) is 1. The fourth-order valence-corrected chi connectivity index (χ4v) is 4.09. The van der Waals surface area contributed by atoms with E-state index in [1.165, 1.54) is 11.3 Å². The molecular formula is C18H22N4O2S. The van der Waals surface area contributed by atoms with Crippen molar-refractivity contribution >= 4 is 28.3 Å². The average Bonchev–Trinajstić information content (AvgIpc) is 2.87. The Kier molecular flexibility index (Phi) is 5.35. The molecule has 1 saturated heterocycles. The number of carbonyl (C=O) groups excluding carboxylic acids is 2. The summed E-state index contributed by atoms with van der Waals surface area (Å²) in [7, 11) is 0. The Hall–Kier alpha value is -2.38. The van der Waals surface area contributed by atoms with Crippen LogP contribution in [0.1, 0.15) is 29.6 Å². The molecule has 7 heteroatoms. The number of urea groups is 1. The van der Waals surface area contributed by atoms with E-state index in [1.54, 1.807) is 4.90 Å². The van der Waals surface area contributed by atoms with E-state index in [0.29, 0.717) is 23.7 Å². The monoisotopic (exact) mass is 358 g/mol. The maximum Gasteiger partial charge on any atom is 0.317 e. The molecular weight excluding hydrogens is 336 g/mol. The van der Waals surface area contributed by atoms with Crippen LogP contribution in [0.25, 0.3) is 10.4 Å². The summed E-state index contributed by atoms with van der Waals surface area (Å²) in [5.74, 6) is -0.112. The topological polar surface area (TPSA) is 101 Å². The van der Waals surface area contributed by atoms with E-state index in [-0.39, 0.29) is 11.9 Å². The molecule has 5 N–H and O–H groups in total. The van der Waals surface area contributed by atoms with Gasteiger partial charge in [0.15, 0.2) is 0 Å². The van der Waals surface area contributed by atoms with E-state index in [9.17, 15) is 9.59 Å². The van der Waals surface area contributed by atoms with Crippen molar-refractivity contribution in [1.29, 1.82) is 0 Å². The summed E-state index contributed by atoms with van der Waals surface area (Å²) in [6.45, 7) is 1.21. The van der Waals surface area contributed by atoms with Crippen molar-refractivity contribution in [2.45, 2.75) is 25.3 Å². The maximum absolute atomic E-state index is 13.0. The number of nitrogens with zero attached hydrogens (tertiary/aromatic N) is 1. The van der Waals surface area contributed by atoms with Gasteiger partial charge < -0.3 is 16.4 Å². The van der Waals surface area contributed by atoms with Gasteiger partial charge in [-0.1, -0.05) is 36.8 Å². The number of carbonyl (C=O) groups is 2. The highest BCUT2D eigenvalue weighted by molar-refractivity contribution is 7.20. The molecule has 1 aromatic carbocycles. The van der Waals surface area contributed by atoms with Crippen LogP contribution in [-0.2, 0) is 0 Å². The molecule has 0 radical (unpaired) electrons. The molecule has 1 atom stereocenters. The summed E-state index contributed by atoms with van der Waals surface area (Å²) in [4.78, 5) is 27.1. The molecule has 3 amide bonds. The molecule has 0 spiro atoms. The Morgan fingerprint density at radius 3 is 2.68 bits per heavy atom. The third-order valence-electron chi connectivity index (χ3n) is 4.25. The van der Waals surface area contributed by atoms with Crippen molar-refractivity contribution in [3.63, 3.8) is 0 Å². The van der Waals surface area contributed by atoms with Gasteiger partial charge in [0.1, 0.15) is 5.00 Å². The van der Waals surface area contributed by atoms with Crippen molar-refractivity contribution in [3.05, 3.63) is 42.0 Å². The molecule has 1 unspecified atom stereocenters. The van der Waals surface area contributed by atoms with Gasteiger partial charge in [0.05, 0.1) is 5.56 Å². The highest BCUT2D eigenvalue weighted by atomic mass is 32.1. The quantitative estimate of drug-likeness (QED) is 0.786. The van der Waals surface area contributed by atoms with Crippen LogP contribution in [0.5, 0.6) is 0 Å². The lowest BCUT2D eigenvalue weighted by Crippen LogP contribution is -2.39. The number of hydrogen-bond donors (Lipinski definition) is 3. The molecule has 132 valence electrons. The van der Waals surface area contributed by atoms with Crippen molar-refractivity contribution in [3.8, 4) is 10.4 Å². The lowest BCUT2D eigenvalue weighted by Gasteiger charge is -2.22. The van der Waals surface area contributed by atoms with Gasteiger partial charge in [-0.2, -0.15) is 0 Å². The van der Waals surface area contributed by atoms with Gasteiger partial charge in [-0.15, -0.1) is 11.3 Å². The van der Waals surface area contributed by atoms with Crippen LogP contribution < -0.4 is 16.8 Å². The molecule has 0 aliphatic carbocycles. The maximum atomic E-state index is 13.0. The Morgan fingerprint density at radius 1 is 1.20 bits per heavy atom. The predicted molar refractivity (Wildman–Crippen MR) is 101 cm³/mol. The van der Waals surface area contributed by atoms with Crippen molar-refractivity contribution < 1.29 is 9.59 Å². The van der Waals surface area contributed by atoms with Crippen LogP contribution in [0.15, 0.2) is 36.4 Å². The van der Waals surface area contributed by atoms with Gasteiger partial charge in [0.25, 0.3) is 5.91 Å². The summed E-state index contributed by atoms with van der Waals surface area (Å²) in [6, 6.07) is 10.9. The van der Waals surface area contributed by atoms with Gasteiger partial charge in [0.2, 0.25) is 0 Å². The number of nitrogens with two attached hydrogens (primary N) is 2. The molecule has 3 rings (SSSR count). The number of amides is 3. The van der Waals surface area contributed by atoms with Crippen molar-refractivity contribution in [2.75, 3.05) is 18.4 Å². The number of thiophene rings is 1. The first-order valence-electron chi connectivity index (χ1n) is 8.35. The zero-order valence-corrected chi connectivity index (χ0v) is 14.7. The van der Waals surface area contributed by atoms with E-state index in [2.05, 4.69) is 5.32 Å². The fourth-order valence-electron chi connectivity index (χ4n) is 3.03. The number of primary amides is 1. The smallest absolute Gasteiger partial charge is 0.317 e. The number of anilines is 1. The van der Waals surface area contributed by atoms with Gasteiger partial charge in [-0.3, -0.25) is 10.1 Å². The number of hydrogen-bond acceptors (Lipinski definition) is 4. The van der Waals surface area contributed by atoms with E-state index >= 15 is 0 Å². The molecule has 2 aromatic rings. The van der Waals surface area contributed by atoms with E-state index in [4.69, 9.17) is 11.5 Å². The standard InChI is InChI=1S/C18H22N4O2S/c19-13-8-4-5-9-22(11-13)17(23)14-10-15(12-6-2-1-3-7-12)25-16(14)21-18(20)24/h1-3,6-7,10,13H,4-5,8-9,11,19H2,(H3,20,21,24). The molecule has 1 aromatic heterocycles. The van der Waals surface area contributed by atoms with Crippen LogP contribution in [-0.4, -0.2) is 36.0 Å². The summed E-state index contributed by atoms with van der Waals surface area (Å²) in [5.41, 5.74) is 12.8. The predicted octanol–water partition coefficient (Wildman–Crippen LogP) is 2.86. The highest BCUT2D eigenvalue weighted by Gasteiger charge is 2.25. The average molecular weight is 358 g/mol. The molecule has 1 fully saturated rings. The minimum Gasteiger partial charge on any atom is -0.351 e. The Balaban J connectivity index is 1.94. The van der Waals surface area contributed by atoms with Crippen LogP contribution >= 0.6 is 11.3 Å². The molecule has 2 heterocycles. The lowest BCUT2D eigenvalue weighted by atomic mass is 10.1. The summed E-state index contributed by atoms with van der Waals surface area (Å²) in [5, 5.41) is 3.07. The number of benzene rings is 1. The largest absolute Gasteiger partial charge is 0.351 e. The van der Waals surface area contributed by atoms with Gasteiger partial charge in [-0.05, 0) is 24.5 Å². The van der Waals surface area contributed by atoms with Gasteiger partial charge in [-0.25, -0.2) is 4.79 Å². The van der Waals surface area contributed by atoms with Crippen LogP contribution in [0, 0.1) is 0 Å². The third kappa shape index (κ3) is 4.18. The van der Waals surface area contributed by atoms with E-state index in [1.807, 2.05) is 36.4 Å². The minimum atomic E-state index is -0.678. The number of nitrogens with one attached hydrogen (secondary N) is 1. The second-order valence-corrected chi connectivity index (χ2v) is 7.27. The molecule has 25 heavy (non-hydrogen) atoms. The SMILES string of the molecule is NC(=O)Nc1sc(-c2ccccc2)cc1C(=O)N1CCCCC(N)C1. The normalized spacial score (nSPS) is 17.8. The summed E-state index contributed by atoms with van der Waals surface area (Å²) in [6.07, 6.45) is 2.89. The minimum absolute atomic E-state index is 0.00812. The first kappa shape index (κ1) is 17.4. The van der Waals surface area contributed by atoms with E-state index < -0.39 is 6.03 Å². The molecule has 6 nitrogen and oxygen atoms in total. The lowest BCUT2D eigenvalue weighted by molar-refractivity contribution is 0.0756. The van der Waals surface area contributed by atoms with Crippen LogP contribution in [0.4, 0.5) is 9.80 Å². The van der Waals surface area contributed by atoms with Gasteiger partial charge >= 0.3 is 6.03 Å². The first-order valence-corrected chi connectivity index (χ1v) is 9.17. The molecule has 1 aliphatic heterocycles. The van der Waals surface area contributed by atoms with Crippen LogP contribution in [0.2, 0.25) is 0 Å². The van der Waals surface area contributed by atoms with Gasteiger partial charge in [0, 0.05) is 24.0 Å². The fraction of sp³-hybridized carbons (Fsp3) is 0.333. The van der Waals surface area contributed by atoms with Crippen molar-refractivity contribution in [2.24, 2.45) is 11.5 Å². The Labute approximate surface area is 150 Å². The zero-order valence-electron chi connectivity index (χ0n) is 13.9. The van der Waals surface area contributed by atoms with E-state index in [0.717, 1.165) is 29.7 Å². The molecule has 0 bridgehead atoms. The number of rotatable bonds is 3. The molecule has 0 saturated carbocycles. The zero-order chi connectivity index (χ0) is 17.8.